The summed E-state index contributed by atoms with van der Waals surface area (Å²) >= 11 is 12.1. The number of piperazine rings is 1. The molecule has 1 N–H and O–H groups in total. The first kappa shape index (κ1) is 13.2. The third-order valence-corrected chi connectivity index (χ3v) is 3.54. The number of hydrogen-bond acceptors (Lipinski definition) is 2. The molecule has 0 saturated carbocycles. The SMILES string of the molecule is Cc1cc(Cl)c(N2CC(=O)NC(C)C2=O)cc1Cl. The molecule has 6 heteroatoms. The normalized spacial score (nSPS) is 20.0. The summed E-state index contributed by atoms with van der Waals surface area (Å²) in [5, 5.41) is 3.49. The quantitative estimate of drug-likeness (QED) is 0.860. The predicted molar refractivity (Wildman–Crippen MR) is 71.2 cm³/mol. The predicted octanol–water partition coefficient (Wildman–Crippen LogP) is 2.15. The van der Waals surface area contributed by atoms with E-state index < -0.39 is 6.04 Å². The number of hydrogen-bond donors (Lipinski definition) is 1. The number of aryl methyl sites for hydroxylation is 1. The molecule has 1 aliphatic rings. The Morgan fingerprint density at radius 1 is 1.28 bits per heavy atom. The van der Waals surface area contributed by atoms with Crippen LogP contribution >= 0.6 is 23.2 Å². The van der Waals surface area contributed by atoms with Crippen LogP contribution in [0.25, 0.3) is 0 Å². The average Bonchev–Trinajstić information content (AvgIpc) is 2.29. The molecule has 1 unspecified atom stereocenters. The molecule has 1 atom stereocenters. The van der Waals surface area contributed by atoms with Gasteiger partial charge in [-0.05, 0) is 31.5 Å². The van der Waals surface area contributed by atoms with Crippen LogP contribution in [0, 0.1) is 6.92 Å². The molecule has 4 nitrogen and oxygen atoms in total. The average molecular weight is 287 g/mol. The van der Waals surface area contributed by atoms with E-state index in [1.165, 1.54) is 4.90 Å². The van der Waals surface area contributed by atoms with Gasteiger partial charge in [0.25, 0.3) is 0 Å². The first-order valence-electron chi connectivity index (χ1n) is 5.46. The van der Waals surface area contributed by atoms with Crippen molar-refractivity contribution in [2.24, 2.45) is 0 Å². The summed E-state index contributed by atoms with van der Waals surface area (Å²) in [6.07, 6.45) is 0. The van der Waals surface area contributed by atoms with Crippen molar-refractivity contribution in [3.8, 4) is 0 Å². The van der Waals surface area contributed by atoms with E-state index in [9.17, 15) is 9.59 Å². The lowest BCUT2D eigenvalue weighted by Gasteiger charge is -2.31. The lowest BCUT2D eigenvalue weighted by molar-refractivity contribution is -0.130. The number of amides is 2. The third-order valence-electron chi connectivity index (χ3n) is 2.83. The molecule has 2 amide bonds. The Bertz CT molecular complexity index is 531. The van der Waals surface area contributed by atoms with Crippen molar-refractivity contribution < 1.29 is 9.59 Å². The zero-order valence-corrected chi connectivity index (χ0v) is 11.5. The van der Waals surface area contributed by atoms with Crippen LogP contribution in [-0.2, 0) is 9.59 Å². The van der Waals surface area contributed by atoms with Crippen LogP contribution in [0.1, 0.15) is 12.5 Å². The minimum atomic E-state index is -0.553. The third kappa shape index (κ3) is 2.31. The lowest BCUT2D eigenvalue weighted by atomic mass is 10.1. The second-order valence-electron chi connectivity index (χ2n) is 4.27. The summed E-state index contributed by atoms with van der Waals surface area (Å²) in [6, 6.07) is 2.74. The summed E-state index contributed by atoms with van der Waals surface area (Å²) in [4.78, 5) is 24.9. The number of nitrogens with one attached hydrogen (secondary N) is 1. The van der Waals surface area contributed by atoms with E-state index in [4.69, 9.17) is 23.2 Å². The van der Waals surface area contributed by atoms with E-state index in [1.54, 1.807) is 19.1 Å². The van der Waals surface area contributed by atoms with E-state index in [1.807, 2.05) is 6.92 Å². The van der Waals surface area contributed by atoms with Gasteiger partial charge in [-0.15, -0.1) is 0 Å². The number of carbonyl (C=O) groups is 2. The molecule has 96 valence electrons. The Kier molecular flexibility index (Phi) is 3.50. The Balaban J connectivity index is 2.44. The van der Waals surface area contributed by atoms with Gasteiger partial charge < -0.3 is 5.32 Å². The lowest BCUT2D eigenvalue weighted by Crippen LogP contribution is -2.57. The van der Waals surface area contributed by atoms with Crippen molar-refractivity contribution in [1.82, 2.24) is 5.32 Å². The molecule has 0 radical (unpaired) electrons. The number of halogens is 2. The van der Waals surface area contributed by atoms with E-state index in [0.717, 1.165) is 5.56 Å². The van der Waals surface area contributed by atoms with Gasteiger partial charge in [0.05, 0.1) is 10.7 Å². The minimum Gasteiger partial charge on any atom is -0.343 e. The van der Waals surface area contributed by atoms with Crippen LogP contribution < -0.4 is 10.2 Å². The maximum atomic E-state index is 12.0. The first-order valence-corrected chi connectivity index (χ1v) is 6.22. The molecule has 1 saturated heterocycles. The molecular weight excluding hydrogens is 275 g/mol. The van der Waals surface area contributed by atoms with Crippen LogP contribution in [0.4, 0.5) is 5.69 Å². The highest BCUT2D eigenvalue weighted by Gasteiger charge is 2.31. The second-order valence-corrected chi connectivity index (χ2v) is 5.08. The summed E-state index contributed by atoms with van der Waals surface area (Å²) in [7, 11) is 0. The van der Waals surface area contributed by atoms with E-state index in [0.29, 0.717) is 15.7 Å². The van der Waals surface area contributed by atoms with Gasteiger partial charge in [-0.2, -0.15) is 0 Å². The second kappa shape index (κ2) is 4.78. The van der Waals surface area contributed by atoms with Gasteiger partial charge in [-0.25, -0.2) is 0 Å². The minimum absolute atomic E-state index is 0.0394. The Labute approximate surface area is 115 Å². The standard InChI is InChI=1S/C12H12Cl2N2O2/c1-6-3-9(14)10(4-8(6)13)16-5-11(17)15-7(2)12(16)18/h3-4,7H,5H2,1-2H3,(H,15,17). The van der Waals surface area contributed by atoms with Crippen molar-refractivity contribution in [1.29, 1.82) is 0 Å². The molecule has 1 aromatic rings. The van der Waals surface area contributed by atoms with Crippen molar-refractivity contribution in [3.63, 3.8) is 0 Å². The summed E-state index contributed by atoms with van der Waals surface area (Å²) in [6.45, 7) is 3.42. The van der Waals surface area contributed by atoms with E-state index >= 15 is 0 Å². The monoisotopic (exact) mass is 286 g/mol. The van der Waals surface area contributed by atoms with Gasteiger partial charge in [0.2, 0.25) is 11.8 Å². The molecule has 0 aliphatic carbocycles. The van der Waals surface area contributed by atoms with Crippen molar-refractivity contribution in [2.75, 3.05) is 11.4 Å². The smallest absolute Gasteiger partial charge is 0.249 e. The fourth-order valence-corrected chi connectivity index (χ4v) is 2.33. The Hall–Kier alpha value is -1.26. The fraction of sp³-hybridized carbons (Fsp3) is 0.333. The maximum absolute atomic E-state index is 12.0. The van der Waals surface area contributed by atoms with Gasteiger partial charge in [-0.1, -0.05) is 23.2 Å². The molecular formula is C12H12Cl2N2O2. The topological polar surface area (TPSA) is 49.4 Å². The van der Waals surface area contributed by atoms with Crippen molar-refractivity contribution >= 4 is 40.7 Å². The number of benzene rings is 1. The zero-order chi connectivity index (χ0) is 13.4. The summed E-state index contributed by atoms with van der Waals surface area (Å²) in [5.41, 5.74) is 1.30. The molecule has 1 fully saturated rings. The van der Waals surface area contributed by atoms with Crippen LogP contribution in [0.15, 0.2) is 12.1 Å². The van der Waals surface area contributed by atoms with Gasteiger partial charge in [0.1, 0.15) is 12.6 Å². The maximum Gasteiger partial charge on any atom is 0.249 e. The highest BCUT2D eigenvalue weighted by molar-refractivity contribution is 6.36. The zero-order valence-electron chi connectivity index (χ0n) is 9.96. The molecule has 1 heterocycles. The highest BCUT2D eigenvalue weighted by atomic mass is 35.5. The number of nitrogens with zero attached hydrogens (tertiary/aromatic N) is 1. The van der Waals surface area contributed by atoms with Crippen LogP contribution in [0.5, 0.6) is 0 Å². The molecule has 1 aliphatic heterocycles. The van der Waals surface area contributed by atoms with Gasteiger partial charge in [0.15, 0.2) is 0 Å². The van der Waals surface area contributed by atoms with E-state index in [-0.39, 0.29) is 18.4 Å². The summed E-state index contributed by atoms with van der Waals surface area (Å²) in [5.74, 6) is -0.411. The largest absolute Gasteiger partial charge is 0.343 e. The number of rotatable bonds is 1. The van der Waals surface area contributed by atoms with E-state index in [2.05, 4.69) is 5.32 Å². The molecule has 1 aromatic carbocycles. The van der Waals surface area contributed by atoms with Crippen LogP contribution in [0.2, 0.25) is 10.0 Å². The van der Waals surface area contributed by atoms with Gasteiger partial charge in [-0.3, -0.25) is 14.5 Å². The molecule has 0 spiro atoms. The highest BCUT2D eigenvalue weighted by Crippen LogP contribution is 2.32. The Morgan fingerprint density at radius 3 is 2.61 bits per heavy atom. The molecule has 18 heavy (non-hydrogen) atoms. The fourth-order valence-electron chi connectivity index (χ4n) is 1.85. The van der Waals surface area contributed by atoms with Crippen molar-refractivity contribution in [2.45, 2.75) is 19.9 Å². The molecule has 0 aromatic heterocycles. The number of anilines is 1. The summed E-state index contributed by atoms with van der Waals surface area (Å²) < 4.78 is 0. The van der Waals surface area contributed by atoms with Gasteiger partial charge >= 0.3 is 0 Å². The first-order chi connectivity index (χ1) is 8.40. The van der Waals surface area contributed by atoms with Crippen LogP contribution in [-0.4, -0.2) is 24.4 Å². The Morgan fingerprint density at radius 2 is 1.94 bits per heavy atom. The molecule has 0 bridgehead atoms. The van der Waals surface area contributed by atoms with Crippen molar-refractivity contribution in [3.05, 3.63) is 27.7 Å². The number of carbonyl (C=O) groups excluding carboxylic acids is 2. The van der Waals surface area contributed by atoms with Crippen LogP contribution in [0.3, 0.4) is 0 Å². The molecule has 2 rings (SSSR count). The van der Waals surface area contributed by atoms with Gasteiger partial charge in [0, 0.05) is 5.02 Å².